The van der Waals surface area contributed by atoms with E-state index >= 15 is 0 Å². The summed E-state index contributed by atoms with van der Waals surface area (Å²) in [5.74, 6) is -0.608. The number of carbonyl (C=O) groups is 3. The second-order valence-corrected chi connectivity index (χ2v) is 8.67. The van der Waals surface area contributed by atoms with Crippen LogP contribution in [0.5, 0.6) is 0 Å². The van der Waals surface area contributed by atoms with E-state index in [2.05, 4.69) is 10.6 Å². The highest BCUT2D eigenvalue weighted by molar-refractivity contribution is 5.99. The van der Waals surface area contributed by atoms with Gasteiger partial charge >= 0.3 is 0 Å². The van der Waals surface area contributed by atoms with Gasteiger partial charge in [-0.3, -0.25) is 14.4 Å². The van der Waals surface area contributed by atoms with Gasteiger partial charge in [0.1, 0.15) is 5.82 Å². The van der Waals surface area contributed by atoms with E-state index in [0.717, 1.165) is 24.0 Å². The zero-order chi connectivity index (χ0) is 21.6. The van der Waals surface area contributed by atoms with Crippen molar-refractivity contribution in [1.82, 2.24) is 15.5 Å². The minimum Gasteiger partial charge on any atom is -0.348 e. The standard InChI is InChI=1S/C24H24FN3O3/c25-16-8-6-15(7-9-16)22-24(12-10-20(29)27-24)11-3-13-28(22)21(30)14-19-17-4-1-2-5-18(17)23(31)26-19/h1-2,4-9,19,22H,3,10-14H2,(H,26,31)(H,27,29)/t19?,22-,24+/m1/s1. The predicted octanol–water partition coefficient (Wildman–Crippen LogP) is 3.01. The minimum absolute atomic E-state index is 0.0154. The van der Waals surface area contributed by atoms with E-state index in [1.54, 1.807) is 18.2 Å². The average molecular weight is 421 g/mol. The Hall–Kier alpha value is -3.22. The summed E-state index contributed by atoms with van der Waals surface area (Å²) in [7, 11) is 0. The zero-order valence-corrected chi connectivity index (χ0v) is 17.1. The van der Waals surface area contributed by atoms with E-state index in [9.17, 15) is 18.8 Å². The highest BCUT2D eigenvalue weighted by Crippen LogP contribution is 2.45. The van der Waals surface area contributed by atoms with Crippen molar-refractivity contribution in [2.45, 2.75) is 49.7 Å². The number of nitrogens with zero attached hydrogens (tertiary/aromatic N) is 1. The van der Waals surface area contributed by atoms with Gasteiger partial charge in [0, 0.05) is 18.5 Å². The molecular formula is C24H24FN3O3. The Labute approximate surface area is 179 Å². The number of amides is 3. The topological polar surface area (TPSA) is 78.5 Å². The second kappa shape index (κ2) is 7.48. The number of likely N-dealkylation sites (tertiary alicyclic amines) is 1. The van der Waals surface area contributed by atoms with Gasteiger partial charge in [0.05, 0.1) is 24.0 Å². The summed E-state index contributed by atoms with van der Waals surface area (Å²) >= 11 is 0. The van der Waals surface area contributed by atoms with Crippen molar-refractivity contribution >= 4 is 17.7 Å². The lowest BCUT2D eigenvalue weighted by Gasteiger charge is -2.48. The summed E-state index contributed by atoms with van der Waals surface area (Å²) in [4.78, 5) is 39.8. The van der Waals surface area contributed by atoms with E-state index in [1.807, 2.05) is 23.1 Å². The molecule has 3 heterocycles. The van der Waals surface area contributed by atoms with Crippen LogP contribution in [0.4, 0.5) is 4.39 Å². The smallest absolute Gasteiger partial charge is 0.252 e. The maximum Gasteiger partial charge on any atom is 0.252 e. The minimum atomic E-state index is -0.542. The van der Waals surface area contributed by atoms with Gasteiger partial charge in [-0.15, -0.1) is 0 Å². The first kappa shape index (κ1) is 19.7. The molecule has 2 fully saturated rings. The van der Waals surface area contributed by atoms with Crippen LogP contribution in [-0.2, 0) is 9.59 Å². The molecule has 2 saturated heterocycles. The van der Waals surface area contributed by atoms with Gasteiger partial charge < -0.3 is 15.5 Å². The Kier molecular flexibility index (Phi) is 4.76. The quantitative estimate of drug-likeness (QED) is 0.800. The molecule has 1 spiro atoms. The van der Waals surface area contributed by atoms with E-state index in [-0.39, 0.29) is 42.0 Å². The number of hydrogen-bond acceptors (Lipinski definition) is 3. The number of benzene rings is 2. The highest BCUT2D eigenvalue weighted by Gasteiger charge is 2.51. The van der Waals surface area contributed by atoms with Crippen LogP contribution >= 0.6 is 0 Å². The molecule has 1 unspecified atom stereocenters. The molecule has 0 bridgehead atoms. The molecule has 0 aliphatic carbocycles. The molecule has 2 aromatic carbocycles. The normalized spacial score (nSPS) is 27.2. The van der Waals surface area contributed by atoms with Crippen LogP contribution in [0.3, 0.4) is 0 Å². The number of carbonyl (C=O) groups excluding carboxylic acids is 3. The first-order valence-corrected chi connectivity index (χ1v) is 10.7. The number of rotatable bonds is 3. The Morgan fingerprint density at radius 3 is 2.61 bits per heavy atom. The molecule has 2 N–H and O–H groups in total. The Morgan fingerprint density at radius 2 is 1.87 bits per heavy atom. The van der Waals surface area contributed by atoms with E-state index < -0.39 is 5.54 Å². The molecule has 6 nitrogen and oxygen atoms in total. The number of nitrogens with one attached hydrogen (secondary N) is 2. The summed E-state index contributed by atoms with van der Waals surface area (Å²) in [5, 5.41) is 6.05. The number of halogens is 1. The van der Waals surface area contributed by atoms with E-state index in [4.69, 9.17) is 0 Å². The third-order valence-corrected chi connectivity index (χ3v) is 6.81. The summed E-state index contributed by atoms with van der Waals surface area (Å²) in [6, 6.07) is 12.8. The van der Waals surface area contributed by atoms with Crippen LogP contribution in [0.15, 0.2) is 48.5 Å². The molecular weight excluding hydrogens is 397 g/mol. The van der Waals surface area contributed by atoms with Crippen molar-refractivity contribution in [3.63, 3.8) is 0 Å². The molecule has 7 heteroatoms. The molecule has 5 rings (SSSR count). The van der Waals surface area contributed by atoms with Gasteiger partial charge in [0.25, 0.3) is 5.91 Å². The number of hydrogen-bond donors (Lipinski definition) is 2. The van der Waals surface area contributed by atoms with Crippen LogP contribution in [0.1, 0.15) is 65.7 Å². The molecule has 3 amide bonds. The van der Waals surface area contributed by atoms with Gasteiger partial charge in [-0.1, -0.05) is 30.3 Å². The fourth-order valence-corrected chi connectivity index (χ4v) is 5.45. The fraction of sp³-hybridized carbons (Fsp3) is 0.375. The summed E-state index contributed by atoms with van der Waals surface area (Å²) in [6.45, 7) is 0.556. The largest absolute Gasteiger partial charge is 0.348 e. The van der Waals surface area contributed by atoms with Crippen molar-refractivity contribution in [3.05, 3.63) is 71.0 Å². The monoisotopic (exact) mass is 421 g/mol. The van der Waals surface area contributed by atoms with Gasteiger partial charge in [-0.05, 0) is 48.6 Å². The molecule has 3 aliphatic heterocycles. The second-order valence-electron chi connectivity index (χ2n) is 8.67. The summed E-state index contributed by atoms with van der Waals surface area (Å²) in [5.41, 5.74) is 1.71. The SMILES string of the molecule is O=C1CC[C@]2(CCCN(C(=O)CC3NC(=O)c4ccccc43)[C@@H]2c2ccc(F)cc2)N1. The van der Waals surface area contributed by atoms with Crippen LogP contribution in [0.2, 0.25) is 0 Å². The predicted molar refractivity (Wildman–Crippen MR) is 111 cm³/mol. The van der Waals surface area contributed by atoms with Gasteiger partial charge in [-0.2, -0.15) is 0 Å². The zero-order valence-electron chi connectivity index (χ0n) is 17.1. The molecule has 0 saturated carbocycles. The molecule has 3 atom stereocenters. The highest BCUT2D eigenvalue weighted by atomic mass is 19.1. The van der Waals surface area contributed by atoms with Gasteiger partial charge in [-0.25, -0.2) is 4.39 Å². The van der Waals surface area contributed by atoms with Gasteiger partial charge in [0.15, 0.2) is 0 Å². The first-order valence-electron chi connectivity index (χ1n) is 10.7. The molecule has 0 radical (unpaired) electrons. The molecule has 160 valence electrons. The van der Waals surface area contributed by atoms with E-state index in [0.29, 0.717) is 24.9 Å². The Balaban J connectivity index is 1.46. The van der Waals surface area contributed by atoms with Gasteiger partial charge in [0.2, 0.25) is 11.8 Å². The summed E-state index contributed by atoms with van der Waals surface area (Å²) < 4.78 is 13.6. The number of piperidine rings is 1. The third kappa shape index (κ3) is 3.38. The Morgan fingerprint density at radius 1 is 1.10 bits per heavy atom. The van der Waals surface area contributed by atoms with Crippen molar-refractivity contribution in [1.29, 1.82) is 0 Å². The number of fused-ring (bicyclic) bond motifs is 1. The lowest BCUT2D eigenvalue weighted by atomic mass is 9.76. The van der Waals surface area contributed by atoms with E-state index in [1.165, 1.54) is 12.1 Å². The van der Waals surface area contributed by atoms with Crippen LogP contribution in [-0.4, -0.2) is 34.7 Å². The maximum atomic E-state index is 13.6. The third-order valence-electron chi connectivity index (χ3n) is 6.81. The molecule has 31 heavy (non-hydrogen) atoms. The summed E-state index contributed by atoms with van der Waals surface area (Å²) in [6.07, 6.45) is 2.75. The molecule has 0 aromatic heterocycles. The van der Waals surface area contributed by atoms with Crippen molar-refractivity contribution in [2.75, 3.05) is 6.54 Å². The Bertz CT molecular complexity index is 1050. The fourth-order valence-electron chi connectivity index (χ4n) is 5.45. The van der Waals surface area contributed by atoms with Crippen molar-refractivity contribution in [2.24, 2.45) is 0 Å². The van der Waals surface area contributed by atoms with Crippen LogP contribution in [0, 0.1) is 5.82 Å². The maximum absolute atomic E-state index is 13.6. The molecule has 2 aromatic rings. The lowest BCUT2D eigenvalue weighted by Crippen LogP contribution is -2.58. The van der Waals surface area contributed by atoms with Crippen molar-refractivity contribution < 1.29 is 18.8 Å². The average Bonchev–Trinajstić information content (AvgIpc) is 3.29. The molecule has 3 aliphatic rings. The lowest BCUT2D eigenvalue weighted by molar-refractivity contribution is -0.139. The van der Waals surface area contributed by atoms with Crippen molar-refractivity contribution in [3.8, 4) is 0 Å². The van der Waals surface area contributed by atoms with Crippen LogP contribution < -0.4 is 10.6 Å². The van der Waals surface area contributed by atoms with Crippen LogP contribution in [0.25, 0.3) is 0 Å². The first-order chi connectivity index (χ1) is 15.0.